The van der Waals surface area contributed by atoms with Crippen LogP contribution < -0.4 is 14.8 Å². The van der Waals surface area contributed by atoms with Crippen molar-refractivity contribution in [1.82, 2.24) is 10.0 Å². The molecule has 0 aromatic heterocycles. The van der Waals surface area contributed by atoms with Crippen LogP contribution in [0.1, 0.15) is 70.8 Å². The number of benzene rings is 1. The van der Waals surface area contributed by atoms with Gasteiger partial charge in [0.1, 0.15) is 5.75 Å². The van der Waals surface area contributed by atoms with E-state index in [2.05, 4.69) is 10.0 Å². The van der Waals surface area contributed by atoms with Gasteiger partial charge in [-0.2, -0.15) is 0 Å². The van der Waals surface area contributed by atoms with Gasteiger partial charge in [-0.05, 0) is 95.5 Å². The van der Waals surface area contributed by atoms with Crippen molar-refractivity contribution in [1.29, 1.82) is 0 Å². The fourth-order valence-corrected chi connectivity index (χ4v) is 5.68. The third kappa shape index (κ3) is 6.81. The van der Waals surface area contributed by atoms with E-state index in [1.165, 1.54) is 5.56 Å². The van der Waals surface area contributed by atoms with Crippen LogP contribution in [-0.4, -0.2) is 51.6 Å². The smallest absolute Gasteiger partial charge is 0.214 e. The van der Waals surface area contributed by atoms with E-state index >= 15 is 0 Å². The standard InChI is InChI=1S/C23H37ClN2O4S/c1-4-29-23-12-9-18(24)14-20(23)17-7-10-19(11-8-17)30-15-22-21(6-5-13-25-22)26-31(27,28)16(2)3/h9,12,14,16-17,19,21-22,25-26H,4-8,10-11,13,15H2,1-3H3/t17-,19+,21-,22-/m0/s1. The van der Waals surface area contributed by atoms with Crippen molar-refractivity contribution in [2.75, 3.05) is 19.8 Å². The molecule has 1 saturated heterocycles. The van der Waals surface area contributed by atoms with Gasteiger partial charge in [0, 0.05) is 17.1 Å². The molecule has 3 rings (SSSR count). The Bertz CT molecular complexity index is 810. The van der Waals surface area contributed by atoms with Crippen LogP contribution in [0.5, 0.6) is 5.75 Å². The summed E-state index contributed by atoms with van der Waals surface area (Å²) in [5.74, 6) is 1.36. The van der Waals surface area contributed by atoms with Crippen LogP contribution in [0.4, 0.5) is 0 Å². The number of piperidine rings is 1. The number of halogens is 1. The summed E-state index contributed by atoms with van der Waals surface area (Å²) < 4.78 is 39.6. The van der Waals surface area contributed by atoms with Crippen molar-refractivity contribution in [3.63, 3.8) is 0 Å². The van der Waals surface area contributed by atoms with Crippen LogP contribution >= 0.6 is 11.6 Å². The fourth-order valence-electron chi connectivity index (χ4n) is 4.52. The maximum Gasteiger partial charge on any atom is 0.214 e. The first-order valence-corrected chi connectivity index (χ1v) is 13.5. The lowest BCUT2D eigenvalue weighted by Gasteiger charge is -2.35. The second kappa shape index (κ2) is 11.3. The zero-order chi connectivity index (χ0) is 22.4. The first kappa shape index (κ1) is 24.8. The van der Waals surface area contributed by atoms with E-state index in [1.807, 2.05) is 25.1 Å². The van der Waals surface area contributed by atoms with Gasteiger partial charge in [0.2, 0.25) is 10.0 Å². The lowest BCUT2D eigenvalue weighted by atomic mass is 9.82. The topological polar surface area (TPSA) is 76.7 Å². The Morgan fingerprint density at radius 1 is 1.19 bits per heavy atom. The molecule has 2 aliphatic rings. The third-order valence-electron chi connectivity index (χ3n) is 6.42. The molecule has 0 unspecified atom stereocenters. The quantitative estimate of drug-likeness (QED) is 0.562. The van der Waals surface area contributed by atoms with E-state index in [9.17, 15) is 8.42 Å². The van der Waals surface area contributed by atoms with Gasteiger partial charge in [0.05, 0.1) is 24.6 Å². The number of sulfonamides is 1. The van der Waals surface area contributed by atoms with Gasteiger partial charge in [-0.3, -0.25) is 0 Å². The second-order valence-electron chi connectivity index (χ2n) is 8.94. The molecule has 6 nitrogen and oxygen atoms in total. The number of rotatable bonds is 9. The molecule has 0 amide bonds. The van der Waals surface area contributed by atoms with Crippen molar-refractivity contribution < 1.29 is 17.9 Å². The maximum atomic E-state index is 12.3. The van der Waals surface area contributed by atoms with E-state index in [0.29, 0.717) is 19.1 Å². The highest BCUT2D eigenvalue weighted by Crippen LogP contribution is 2.39. The maximum absolute atomic E-state index is 12.3. The molecular weight excluding hydrogens is 436 g/mol. The second-order valence-corrected chi connectivity index (χ2v) is 11.6. The van der Waals surface area contributed by atoms with Crippen molar-refractivity contribution in [3.05, 3.63) is 28.8 Å². The van der Waals surface area contributed by atoms with E-state index in [0.717, 1.165) is 55.8 Å². The molecule has 2 fully saturated rings. The Balaban J connectivity index is 1.52. The highest BCUT2D eigenvalue weighted by atomic mass is 35.5. The summed E-state index contributed by atoms with van der Waals surface area (Å²) in [4.78, 5) is 0. The zero-order valence-corrected chi connectivity index (χ0v) is 20.5. The van der Waals surface area contributed by atoms with Crippen LogP contribution in [0.3, 0.4) is 0 Å². The molecule has 1 aliphatic heterocycles. The van der Waals surface area contributed by atoms with E-state index in [1.54, 1.807) is 13.8 Å². The summed E-state index contributed by atoms with van der Waals surface area (Å²) >= 11 is 6.24. The summed E-state index contributed by atoms with van der Waals surface area (Å²) in [6.07, 6.45) is 6.05. The molecule has 1 saturated carbocycles. The molecule has 0 spiro atoms. The lowest BCUT2D eigenvalue weighted by Crippen LogP contribution is -2.56. The lowest BCUT2D eigenvalue weighted by molar-refractivity contribution is 0.00509. The summed E-state index contributed by atoms with van der Waals surface area (Å²) in [6, 6.07) is 5.79. The number of hydrogen-bond acceptors (Lipinski definition) is 5. The van der Waals surface area contributed by atoms with Gasteiger partial charge < -0.3 is 14.8 Å². The van der Waals surface area contributed by atoms with Gasteiger partial charge in [0.25, 0.3) is 0 Å². The van der Waals surface area contributed by atoms with Gasteiger partial charge in [-0.25, -0.2) is 13.1 Å². The first-order valence-electron chi connectivity index (χ1n) is 11.6. The molecule has 2 N–H and O–H groups in total. The third-order valence-corrected chi connectivity index (χ3v) is 8.53. The molecule has 176 valence electrons. The normalized spacial score (nSPS) is 27.4. The summed E-state index contributed by atoms with van der Waals surface area (Å²) in [5, 5.41) is 3.76. The molecule has 1 aliphatic carbocycles. The van der Waals surface area contributed by atoms with Gasteiger partial charge in [-0.15, -0.1) is 0 Å². The Hall–Kier alpha value is -0.860. The Morgan fingerprint density at radius 3 is 2.61 bits per heavy atom. The highest BCUT2D eigenvalue weighted by molar-refractivity contribution is 7.90. The Labute approximate surface area is 192 Å². The van der Waals surface area contributed by atoms with Gasteiger partial charge >= 0.3 is 0 Å². The molecule has 1 aromatic carbocycles. The minimum absolute atomic E-state index is 0.0116. The highest BCUT2D eigenvalue weighted by Gasteiger charge is 2.31. The van der Waals surface area contributed by atoms with E-state index in [-0.39, 0.29) is 18.2 Å². The van der Waals surface area contributed by atoms with Crippen molar-refractivity contribution in [2.24, 2.45) is 0 Å². The van der Waals surface area contributed by atoms with Crippen LogP contribution in [0.2, 0.25) is 5.02 Å². The van der Waals surface area contributed by atoms with Crippen molar-refractivity contribution in [2.45, 2.75) is 88.7 Å². The average Bonchev–Trinajstić information content (AvgIpc) is 2.74. The van der Waals surface area contributed by atoms with Crippen LogP contribution in [0.15, 0.2) is 18.2 Å². The SMILES string of the molecule is CCOc1ccc(Cl)cc1[C@H]1CC[C@@H](OC[C@@H]2NCCC[C@@H]2NS(=O)(=O)C(C)C)CC1. The van der Waals surface area contributed by atoms with Crippen LogP contribution in [-0.2, 0) is 14.8 Å². The molecular formula is C23H37ClN2O4S. The molecule has 2 atom stereocenters. The monoisotopic (exact) mass is 472 g/mol. The molecule has 0 radical (unpaired) electrons. The minimum Gasteiger partial charge on any atom is -0.494 e. The number of ether oxygens (including phenoxy) is 2. The molecule has 31 heavy (non-hydrogen) atoms. The Kier molecular flexibility index (Phi) is 9.05. The number of nitrogens with one attached hydrogen (secondary N) is 2. The molecule has 0 bridgehead atoms. The summed E-state index contributed by atoms with van der Waals surface area (Å²) in [6.45, 7) is 7.48. The minimum atomic E-state index is -3.29. The van der Waals surface area contributed by atoms with E-state index in [4.69, 9.17) is 21.1 Å². The largest absolute Gasteiger partial charge is 0.494 e. The predicted molar refractivity (Wildman–Crippen MR) is 126 cm³/mol. The van der Waals surface area contributed by atoms with Crippen molar-refractivity contribution >= 4 is 21.6 Å². The van der Waals surface area contributed by atoms with Gasteiger partial charge in [-0.1, -0.05) is 11.6 Å². The first-order chi connectivity index (χ1) is 14.8. The molecule has 8 heteroatoms. The molecule has 1 aromatic rings. The summed E-state index contributed by atoms with van der Waals surface area (Å²) in [5.41, 5.74) is 1.20. The fraction of sp³-hybridized carbons (Fsp3) is 0.739. The Morgan fingerprint density at radius 2 is 1.94 bits per heavy atom. The van der Waals surface area contributed by atoms with Gasteiger partial charge in [0.15, 0.2) is 0 Å². The zero-order valence-electron chi connectivity index (χ0n) is 18.9. The molecule has 1 heterocycles. The number of hydrogen-bond donors (Lipinski definition) is 2. The van der Waals surface area contributed by atoms with Crippen LogP contribution in [0.25, 0.3) is 0 Å². The predicted octanol–water partition coefficient (Wildman–Crippen LogP) is 4.23. The summed E-state index contributed by atoms with van der Waals surface area (Å²) in [7, 11) is -3.29. The van der Waals surface area contributed by atoms with Crippen LogP contribution in [0, 0.1) is 0 Å². The average molecular weight is 473 g/mol. The van der Waals surface area contributed by atoms with Crippen molar-refractivity contribution in [3.8, 4) is 5.75 Å². The van der Waals surface area contributed by atoms with E-state index < -0.39 is 15.3 Å².